The number of fused-ring (bicyclic) bond motifs is 1. The lowest BCUT2D eigenvalue weighted by Crippen LogP contribution is -2.08. The van der Waals surface area contributed by atoms with E-state index in [1.165, 1.54) is 23.5 Å². The number of para-hydroxylation sites is 1. The molecule has 0 saturated heterocycles. The molecule has 1 heterocycles. The number of hydrogen-bond acceptors (Lipinski definition) is 7. The van der Waals surface area contributed by atoms with Gasteiger partial charge in [-0.3, -0.25) is 10.1 Å². The molecule has 0 aliphatic heterocycles. The van der Waals surface area contributed by atoms with Crippen molar-refractivity contribution in [2.75, 3.05) is 5.73 Å². The number of thiazole rings is 1. The Balaban J connectivity index is 1.76. The minimum Gasteiger partial charge on any atom is -0.455 e. The molecule has 2 N–H and O–H groups in total. The van der Waals surface area contributed by atoms with Gasteiger partial charge in [0.15, 0.2) is 0 Å². The molecule has 3 aromatic rings. The summed E-state index contributed by atoms with van der Waals surface area (Å²) in [6.07, 6.45) is 0. The summed E-state index contributed by atoms with van der Waals surface area (Å²) in [5.74, 6) is -0.717. The molecule has 1 aromatic heterocycles. The van der Waals surface area contributed by atoms with Crippen LogP contribution in [0.4, 0.5) is 11.4 Å². The van der Waals surface area contributed by atoms with E-state index in [4.69, 9.17) is 10.5 Å². The lowest BCUT2D eigenvalue weighted by Gasteiger charge is -2.05. The number of anilines is 1. The van der Waals surface area contributed by atoms with Crippen molar-refractivity contribution in [2.24, 2.45) is 0 Å². The van der Waals surface area contributed by atoms with Gasteiger partial charge in [-0.15, -0.1) is 11.3 Å². The minimum atomic E-state index is -0.717. The third-order valence-corrected chi connectivity index (χ3v) is 4.14. The highest BCUT2D eigenvalue weighted by Crippen LogP contribution is 2.24. The zero-order valence-corrected chi connectivity index (χ0v) is 12.6. The normalized spacial score (nSPS) is 10.6. The second-order valence-corrected chi connectivity index (χ2v) is 5.80. The lowest BCUT2D eigenvalue weighted by molar-refractivity contribution is -0.384. The van der Waals surface area contributed by atoms with Gasteiger partial charge in [0, 0.05) is 17.8 Å². The van der Waals surface area contributed by atoms with E-state index in [-0.39, 0.29) is 23.5 Å². The van der Waals surface area contributed by atoms with E-state index in [2.05, 4.69) is 4.98 Å². The largest absolute Gasteiger partial charge is 0.455 e. The van der Waals surface area contributed by atoms with Gasteiger partial charge in [0.1, 0.15) is 11.6 Å². The predicted octanol–water partition coefficient (Wildman–Crippen LogP) is 3.14. The molecule has 0 bridgehead atoms. The first kappa shape index (κ1) is 14.9. The number of carbonyl (C=O) groups is 1. The molecule has 116 valence electrons. The summed E-state index contributed by atoms with van der Waals surface area (Å²) >= 11 is 1.42. The maximum atomic E-state index is 12.1. The molecular weight excluding hydrogens is 318 g/mol. The number of nitrogens with zero attached hydrogens (tertiary/aromatic N) is 2. The molecule has 23 heavy (non-hydrogen) atoms. The van der Waals surface area contributed by atoms with Gasteiger partial charge < -0.3 is 10.5 Å². The molecule has 0 aliphatic carbocycles. The highest BCUT2D eigenvalue weighted by molar-refractivity contribution is 7.18. The molecule has 0 amide bonds. The van der Waals surface area contributed by atoms with Gasteiger partial charge in [-0.05, 0) is 18.2 Å². The fourth-order valence-corrected chi connectivity index (χ4v) is 2.90. The van der Waals surface area contributed by atoms with Crippen molar-refractivity contribution in [3.05, 3.63) is 63.1 Å². The Labute approximate surface area is 134 Å². The lowest BCUT2D eigenvalue weighted by atomic mass is 10.1. The van der Waals surface area contributed by atoms with Gasteiger partial charge in [0.05, 0.1) is 20.7 Å². The first-order valence-electron chi connectivity index (χ1n) is 6.60. The first-order valence-corrected chi connectivity index (χ1v) is 7.42. The Hall–Kier alpha value is -3.00. The molecule has 0 radical (unpaired) electrons. The predicted molar refractivity (Wildman–Crippen MR) is 86.2 cm³/mol. The molecule has 2 aromatic carbocycles. The Morgan fingerprint density at radius 1 is 1.30 bits per heavy atom. The van der Waals surface area contributed by atoms with E-state index < -0.39 is 10.9 Å². The van der Waals surface area contributed by atoms with Crippen molar-refractivity contribution < 1.29 is 14.5 Å². The van der Waals surface area contributed by atoms with E-state index in [0.717, 1.165) is 16.3 Å². The molecule has 0 spiro atoms. The highest BCUT2D eigenvalue weighted by atomic mass is 32.1. The molecule has 0 atom stereocenters. The molecule has 0 fully saturated rings. The fourth-order valence-electron chi connectivity index (χ4n) is 2.02. The molecule has 0 aliphatic rings. The number of hydrogen-bond donors (Lipinski definition) is 1. The van der Waals surface area contributed by atoms with Gasteiger partial charge in [-0.25, -0.2) is 9.78 Å². The SMILES string of the molecule is Nc1ccc([N+](=O)[O-])cc1C(=O)OCc1nc2ccccc2s1. The van der Waals surface area contributed by atoms with E-state index in [1.807, 2.05) is 24.3 Å². The van der Waals surface area contributed by atoms with Crippen molar-refractivity contribution in [1.29, 1.82) is 0 Å². The summed E-state index contributed by atoms with van der Waals surface area (Å²) in [6, 6.07) is 11.2. The van der Waals surface area contributed by atoms with Crippen LogP contribution in [-0.4, -0.2) is 15.9 Å². The van der Waals surface area contributed by atoms with Crippen LogP contribution in [-0.2, 0) is 11.3 Å². The van der Waals surface area contributed by atoms with Gasteiger partial charge in [-0.2, -0.15) is 0 Å². The van der Waals surface area contributed by atoms with Crippen molar-refractivity contribution >= 4 is 38.9 Å². The number of nitro groups is 1. The molecule has 7 nitrogen and oxygen atoms in total. The van der Waals surface area contributed by atoms with Crippen molar-refractivity contribution in [3.8, 4) is 0 Å². The van der Waals surface area contributed by atoms with Crippen molar-refractivity contribution in [3.63, 3.8) is 0 Å². The van der Waals surface area contributed by atoms with Crippen LogP contribution in [0.2, 0.25) is 0 Å². The van der Waals surface area contributed by atoms with Crippen LogP contribution < -0.4 is 5.73 Å². The number of benzene rings is 2. The summed E-state index contributed by atoms with van der Waals surface area (Å²) in [5, 5.41) is 11.4. The quantitative estimate of drug-likeness (QED) is 0.341. The van der Waals surface area contributed by atoms with Crippen LogP contribution in [0.5, 0.6) is 0 Å². The molecule has 8 heteroatoms. The molecule has 0 saturated carbocycles. The molecule has 3 rings (SSSR count). The van der Waals surface area contributed by atoms with Crippen LogP contribution in [0.15, 0.2) is 42.5 Å². The van der Waals surface area contributed by atoms with E-state index in [1.54, 1.807) is 0 Å². The van der Waals surface area contributed by atoms with Crippen LogP contribution in [0.25, 0.3) is 10.2 Å². The third kappa shape index (κ3) is 3.11. The summed E-state index contributed by atoms with van der Waals surface area (Å²) in [7, 11) is 0. The monoisotopic (exact) mass is 329 g/mol. The third-order valence-electron chi connectivity index (χ3n) is 3.13. The number of nitro benzene ring substituents is 1. The van der Waals surface area contributed by atoms with Crippen LogP contribution in [0.1, 0.15) is 15.4 Å². The van der Waals surface area contributed by atoms with Gasteiger partial charge >= 0.3 is 5.97 Å². The number of nitrogens with two attached hydrogens (primary N) is 1. The zero-order chi connectivity index (χ0) is 16.4. The Morgan fingerprint density at radius 2 is 2.09 bits per heavy atom. The molecule has 0 unspecified atom stereocenters. The van der Waals surface area contributed by atoms with Crippen LogP contribution in [0.3, 0.4) is 0 Å². The van der Waals surface area contributed by atoms with E-state index >= 15 is 0 Å². The molecular formula is C15H11N3O4S. The van der Waals surface area contributed by atoms with Crippen LogP contribution >= 0.6 is 11.3 Å². The Bertz CT molecular complexity index is 874. The number of non-ortho nitro benzene ring substituents is 1. The standard InChI is InChI=1S/C15H11N3O4S/c16-11-6-5-9(18(20)21)7-10(11)15(19)22-8-14-17-12-3-1-2-4-13(12)23-14/h1-7H,8,16H2. The summed E-state index contributed by atoms with van der Waals surface area (Å²) in [4.78, 5) is 26.6. The van der Waals surface area contributed by atoms with Gasteiger partial charge in [0.25, 0.3) is 5.69 Å². The smallest absolute Gasteiger partial charge is 0.340 e. The number of carbonyl (C=O) groups excluding carboxylic acids is 1. The maximum Gasteiger partial charge on any atom is 0.340 e. The average Bonchev–Trinajstić information content (AvgIpc) is 2.95. The number of aromatic nitrogens is 1. The van der Waals surface area contributed by atoms with Gasteiger partial charge in [-0.1, -0.05) is 12.1 Å². The number of rotatable bonds is 4. The average molecular weight is 329 g/mol. The second kappa shape index (κ2) is 6.01. The second-order valence-electron chi connectivity index (χ2n) is 4.68. The highest BCUT2D eigenvalue weighted by Gasteiger charge is 2.17. The minimum absolute atomic E-state index is 0.0136. The first-order chi connectivity index (χ1) is 11.0. The number of esters is 1. The Morgan fingerprint density at radius 3 is 2.83 bits per heavy atom. The number of nitrogen functional groups attached to an aromatic ring is 1. The maximum absolute atomic E-state index is 12.1. The topological polar surface area (TPSA) is 108 Å². The van der Waals surface area contributed by atoms with Crippen molar-refractivity contribution in [1.82, 2.24) is 4.98 Å². The van der Waals surface area contributed by atoms with E-state index in [0.29, 0.717) is 5.01 Å². The summed E-state index contributed by atoms with van der Waals surface area (Å²) < 4.78 is 6.16. The zero-order valence-electron chi connectivity index (χ0n) is 11.8. The van der Waals surface area contributed by atoms with Crippen LogP contribution in [0, 0.1) is 10.1 Å². The summed E-state index contributed by atoms with van der Waals surface area (Å²) in [6.45, 7) is -0.0136. The fraction of sp³-hybridized carbons (Fsp3) is 0.0667. The van der Waals surface area contributed by atoms with Crippen molar-refractivity contribution in [2.45, 2.75) is 6.61 Å². The van der Waals surface area contributed by atoms with Gasteiger partial charge in [0.2, 0.25) is 0 Å². The summed E-state index contributed by atoms with van der Waals surface area (Å²) in [5.41, 5.74) is 6.40. The number of ether oxygens (including phenoxy) is 1. The van der Waals surface area contributed by atoms with E-state index in [9.17, 15) is 14.9 Å². The Kier molecular flexibility index (Phi) is 3.90.